The van der Waals surface area contributed by atoms with Crippen LogP contribution in [0.5, 0.6) is 11.5 Å². The molecule has 0 heterocycles. The summed E-state index contributed by atoms with van der Waals surface area (Å²) in [5, 5.41) is 3.21. The standard InChI is InChI=1S/C29H40N2O4/c1-6-26(29(33)30-24-12-8-7-9-13-24)31(18-23-11-10-14-25(17-23)34-5)28(32)19-35-27-16-20(2)15-21(3)22(27)4/h10-11,14-17,24,26H,6-9,12-13,18-19H2,1-5H3,(H,30,33). The van der Waals surface area contributed by atoms with Crippen molar-refractivity contribution in [3.05, 3.63) is 58.7 Å². The van der Waals surface area contributed by atoms with Crippen molar-refractivity contribution < 1.29 is 19.1 Å². The van der Waals surface area contributed by atoms with Gasteiger partial charge >= 0.3 is 0 Å². The van der Waals surface area contributed by atoms with E-state index >= 15 is 0 Å². The number of nitrogens with one attached hydrogen (secondary N) is 1. The lowest BCUT2D eigenvalue weighted by Gasteiger charge is -2.32. The fraction of sp³-hybridized carbons (Fsp3) is 0.517. The Morgan fingerprint density at radius 3 is 2.51 bits per heavy atom. The molecule has 0 aliphatic heterocycles. The number of hydrogen-bond acceptors (Lipinski definition) is 4. The minimum Gasteiger partial charge on any atom is -0.497 e. The summed E-state index contributed by atoms with van der Waals surface area (Å²) in [5.74, 6) is 1.13. The van der Waals surface area contributed by atoms with Gasteiger partial charge in [-0.25, -0.2) is 0 Å². The Morgan fingerprint density at radius 1 is 1.09 bits per heavy atom. The van der Waals surface area contributed by atoms with E-state index in [0.29, 0.717) is 18.7 Å². The molecule has 190 valence electrons. The number of carbonyl (C=O) groups excluding carboxylic acids is 2. The number of methoxy groups -OCH3 is 1. The molecule has 1 atom stereocenters. The molecule has 0 bridgehead atoms. The Balaban J connectivity index is 1.81. The lowest BCUT2D eigenvalue weighted by molar-refractivity contribution is -0.143. The molecule has 0 saturated heterocycles. The summed E-state index contributed by atoms with van der Waals surface area (Å²) < 4.78 is 11.4. The molecule has 3 rings (SSSR count). The van der Waals surface area contributed by atoms with E-state index < -0.39 is 6.04 Å². The van der Waals surface area contributed by atoms with Crippen molar-refractivity contribution in [3.8, 4) is 11.5 Å². The van der Waals surface area contributed by atoms with E-state index in [1.54, 1.807) is 12.0 Å². The number of ether oxygens (including phenoxy) is 2. The highest BCUT2D eigenvalue weighted by Gasteiger charge is 2.30. The van der Waals surface area contributed by atoms with Crippen molar-refractivity contribution in [2.45, 2.75) is 84.8 Å². The van der Waals surface area contributed by atoms with Crippen molar-refractivity contribution >= 4 is 11.8 Å². The molecular formula is C29H40N2O4. The van der Waals surface area contributed by atoms with Gasteiger partial charge in [-0.05, 0) is 80.5 Å². The van der Waals surface area contributed by atoms with Gasteiger partial charge in [0.15, 0.2) is 6.61 Å². The highest BCUT2D eigenvalue weighted by molar-refractivity contribution is 5.88. The van der Waals surface area contributed by atoms with Crippen LogP contribution in [0.4, 0.5) is 0 Å². The molecule has 1 unspecified atom stereocenters. The third-order valence-electron chi connectivity index (χ3n) is 6.94. The van der Waals surface area contributed by atoms with E-state index in [9.17, 15) is 9.59 Å². The zero-order chi connectivity index (χ0) is 25.4. The van der Waals surface area contributed by atoms with Crippen LogP contribution in [0.25, 0.3) is 0 Å². The van der Waals surface area contributed by atoms with Crippen LogP contribution in [0.3, 0.4) is 0 Å². The molecule has 2 aromatic rings. The maximum Gasteiger partial charge on any atom is 0.261 e. The normalized spacial score (nSPS) is 14.8. The predicted octanol–water partition coefficient (Wildman–Crippen LogP) is 5.26. The van der Waals surface area contributed by atoms with Gasteiger partial charge < -0.3 is 19.7 Å². The summed E-state index contributed by atoms with van der Waals surface area (Å²) in [6, 6.07) is 11.3. The molecule has 35 heavy (non-hydrogen) atoms. The van der Waals surface area contributed by atoms with Crippen molar-refractivity contribution in [2.75, 3.05) is 13.7 Å². The number of amides is 2. The van der Waals surface area contributed by atoms with Gasteiger partial charge in [0.05, 0.1) is 7.11 Å². The summed E-state index contributed by atoms with van der Waals surface area (Å²) in [7, 11) is 1.62. The number of benzene rings is 2. The molecular weight excluding hydrogens is 440 g/mol. The third kappa shape index (κ3) is 7.23. The predicted molar refractivity (Wildman–Crippen MR) is 139 cm³/mol. The molecule has 2 amide bonds. The molecule has 1 aliphatic rings. The number of aryl methyl sites for hydroxylation is 2. The van der Waals surface area contributed by atoms with E-state index in [1.165, 1.54) is 6.42 Å². The van der Waals surface area contributed by atoms with Crippen LogP contribution < -0.4 is 14.8 Å². The van der Waals surface area contributed by atoms with Gasteiger partial charge in [-0.3, -0.25) is 9.59 Å². The Hall–Kier alpha value is -3.02. The van der Waals surface area contributed by atoms with E-state index in [4.69, 9.17) is 9.47 Å². The Morgan fingerprint density at radius 2 is 1.83 bits per heavy atom. The van der Waals surface area contributed by atoms with Crippen LogP contribution in [-0.4, -0.2) is 42.5 Å². The molecule has 0 aromatic heterocycles. The summed E-state index contributed by atoms with van der Waals surface area (Å²) in [6.45, 7) is 8.18. The first kappa shape index (κ1) is 26.6. The molecule has 6 heteroatoms. The zero-order valence-electron chi connectivity index (χ0n) is 21.9. The summed E-state index contributed by atoms with van der Waals surface area (Å²) in [5.41, 5.74) is 4.13. The third-order valence-corrected chi connectivity index (χ3v) is 6.94. The van der Waals surface area contributed by atoms with Gasteiger partial charge in [-0.15, -0.1) is 0 Å². The maximum absolute atomic E-state index is 13.5. The number of carbonyl (C=O) groups is 2. The zero-order valence-corrected chi connectivity index (χ0v) is 21.9. The molecule has 6 nitrogen and oxygen atoms in total. The molecule has 2 aromatic carbocycles. The number of rotatable bonds is 10. The van der Waals surface area contributed by atoms with Crippen molar-refractivity contribution in [2.24, 2.45) is 0 Å². The first-order chi connectivity index (χ1) is 16.8. The molecule has 1 aliphatic carbocycles. The van der Waals surface area contributed by atoms with Gasteiger partial charge in [0.2, 0.25) is 5.91 Å². The minimum absolute atomic E-state index is 0.0850. The van der Waals surface area contributed by atoms with Crippen LogP contribution in [0.15, 0.2) is 36.4 Å². The Labute approximate surface area is 210 Å². The average molecular weight is 481 g/mol. The highest BCUT2D eigenvalue weighted by Crippen LogP contribution is 2.24. The largest absolute Gasteiger partial charge is 0.497 e. The second kappa shape index (κ2) is 12.6. The van der Waals surface area contributed by atoms with Gasteiger partial charge in [0.1, 0.15) is 17.5 Å². The topological polar surface area (TPSA) is 67.9 Å². The van der Waals surface area contributed by atoms with E-state index in [1.807, 2.05) is 58.0 Å². The molecule has 1 fully saturated rings. The van der Waals surface area contributed by atoms with Crippen molar-refractivity contribution in [3.63, 3.8) is 0 Å². The fourth-order valence-electron chi connectivity index (χ4n) is 4.80. The summed E-state index contributed by atoms with van der Waals surface area (Å²) in [4.78, 5) is 28.5. The van der Waals surface area contributed by atoms with Crippen LogP contribution in [0, 0.1) is 20.8 Å². The highest BCUT2D eigenvalue weighted by atomic mass is 16.5. The van der Waals surface area contributed by atoms with E-state index in [2.05, 4.69) is 11.4 Å². The van der Waals surface area contributed by atoms with E-state index in [0.717, 1.165) is 53.7 Å². The van der Waals surface area contributed by atoms with Gasteiger partial charge in [-0.2, -0.15) is 0 Å². The van der Waals surface area contributed by atoms with Crippen molar-refractivity contribution in [1.29, 1.82) is 0 Å². The first-order valence-corrected chi connectivity index (χ1v) is 12.8. The Bertz CT molecular complexity index is 1010. The number of nitrogens with zero attached hydrogens (tertiary/aromatic N) is 1. The second-order valence-corrected chi connectivity index (χ2v) is 9.63. The summed E-state index contributed by atoms with van der Waals surface area (Å²) in [6.07, 6.45) is 6.02. The molecule has 1 N–H and O–H groups in total. The average Bonchev–Trinajstić information content (AvgIpc) is 2.85. The van der Waals surface area contributed by atoms with Gasteiger partial charge in [0.25, 0.3) is 5.91 Å². The first-order valence-electron chi connectivity index (χ1n) is 12.8. The lowest BCUT2D eigenvalue weighted by Crippen LogP contribution is -2.52. The van der Waals surface area contributed by atoms with Crippen LogP contribution in [-0.2, 0) is 16.1 Å². The molecule has 0 radical (unpaired) electrons. The second-order valence-electron chi connectivity index (χ2n) is 9.63. The maximum atomic E-state index is 13.5. The summed E-state index contributed by atoms with van der Waals surface area (Å²) >= 11 is 0. The van der Waals surface area contributed by atoms with Gasteiger partial charge in [-0.1, -0.05) is 44.4 Å². The van der Waals surface area contributed by atoms with Crippen LogP contribution in [0.2, 0.25) is 0 Å². The van der Waals surface area contributed by atoms with Crippen LogP contribution >= 0.6 is 0 Å². The minimum atomic E-state index is -0.570. The molecule has 1 saturated carbocycles. The van der Waals surface area contributed by atoms with Gasteiger partial charge in [0, 0.05) is 12.6 Å². The smallest absolute Gasteiger partial charge is 0.261 e. The SMILES string of the molecule is CCC(C(=O)NC1CCCCC1)N(Cc1cccc(OC)c1)C(=O)COc1cc(C)cc(C)c1C. The monoisotopic (exact) mass is 480 g/mol. The van der Waals surface area contributed by atoms with Crippen LogP contribution in [0.1, 0.15) is 67.7 Å². The lowest BCUT2D eigenvalue weighted by atomic mass is 9.95. The van der Waals surface area contributed by atoms with Crippen molar-refractivity contribution in [1.82, 2.24) is 10.2 Å². The Kier molecular flexibility index (Phi) is 9.58. The number of hydrogen-bond donors (Lipinski definition) is 1. The van der Waals surface area contributed by atoms with E-state index in [-0.39, 0.29) is 24.5 Å². The molecule has 0 spiro atoms. The fourth-order valence-corrected chi connectivity index (χ4v) is 4.80. The quantitative estimate of drug-likeness (QED) is 0.504.